The molecule has 2 aromatic rings. The Hall–Kier alpha value is -2.70. The van der Waals surface area contributed by atoms with E-state index in [1.54, 1.807) is 18.7 Å². The monoisotopic (exact) mass is 319 g/mol. The third-order valence-corrected chi connectivity index (χ3v) is 3.87. The Balaban J connectivity index is 2.23. The third kappa shape index (κ3) is 3.23. The maximum atomic E-state index is 13.9. The minimum atomic E-state index is -1.23. The van der Waals surface area contributed by atoms with Crippen LogP contribution in [0.2, 0.25) is 0 Å². The van der Waals surface area contributed by atoms with Crippen LogP contribution in [0.25, 0.3) is 0 Å². The fraction of sp³-hybridized carbons (Fsp3) is 0.312. The van der Waals surface area contributed by atoms with Gasteiger partial charge < -0.3 is 10.4 Å². The molecule has 0 spiro atoms. The highest BCUT2D eigenvalue weighted by atomic mass is 19.1. The fourth-order valence-electron chi connectivity index (χ4n) is 2.54. The van der Waals surface area contributed by atoms with E-state index in [1.807, 2.05) is 13.8 Å². The lowest BCUT2D eigenvalue weighted by Crippen LogP contribution is -2.20. The SMILES string of the molecule is Cc1nn(C)c(C)c1C(C)C(=O)Nc1ccc(C(=O)O)cc1F. The second-order valence-corrected chi connectivity index (χ2v) is 5.42. The van der Waals surface area contributed by atoms with E-state index in [0.717, 1.165) is 23.0 Å². The van der Waals surface area contributed by atoms with Gasteiger partial charge in [0.1, 0.15) is 5.82 Å². The quantitative estimate of drug-likeness (QED) is 0.907. The van der Waals surface area contributed by atoms with Gasteiger partial charge in [0, 0.05) is 18.3 Å². The maximum absolute atomic E-state index is 13.9. The molecule has 6 nitrogen and oxygen atoms in total. The van der Waals surface area contributed by atoms with Crippen molar-refractivity contribution in [3.63, 3.8) is 0 Å². The highest BCUT2D eigenvalue weighted by molar-refractivity contribution is 5.96. The van der Waals surface area contributed by atoms with Gasteiger partial charge in [-0.05, 0) is 39.0 Å². The summed E-state index contributed by atoms with van der Waals surface area (Å²) in [6.07, 6.45) is 0. The summed E-state index contributed by atoms with van der Waals surface area (Å²) in [5.41, 5.74) is 2.19. The Morgan fingerprint density at radius 1 is 1.35 bits per heavy atom. The van der Waals surface area contributed by atoms with Crippen molar-refractivity contribution < 1.29 is 19.1 Å². The first-order valence-electron chi connectivity index (χ1n) is 7.06. The van der Waals surface area contributed by atoms with Crippen molar-refractivity contribution in [2.75, 3.05) is 5.32 Å². The van der Waals surface area contributed by atoms with E-state index in [2.05, 4.69) is 10.4 Å². The van der Waals surface area contributed by atoms with E-state index in [-0.39, 0.29) is 17.2 Å². The molecule has 1 heterocycles. The lowest BCUT2D eigenvalue weighted by molar-refractivity contribution is -0.117. The van der Waals surface area contributed by atoms with Crippen molar-refractivity contribution >= 4 is 17.6 Å². The Morgan fingerprint density at radius 3 is 2.48 bits per heavy atom. The molecule has 23 heavy (non-hydrogen) atoms. The van der Waals surface area contributed by atoms with Crippen LogP contribution in [0.1, 0.15) is 40.2 Å². The summed E-state index contributed by atoms with van der Waals surface area (Å²) in [5.74, 6) is -2.91. The van der Waals surface area contributed by atoms with E-state index in [9.17, 15) is 14.0 Å². The van der Waals surface area contributed by atoms with Crippen LogP contribution in [0.5, 0.6) is 0 Å². The topological polar surface area (TPSA) is 84.2 Å². The molecule has 1 aromatic heterocycles. The number of hydrogen-bond acceptors (Lipinski definition) is 3. The number of anilines is 1. The van der Waals surface area contributed by atoms with Crippen LogP contribution in [0.4, 0.5) is 10.1 Å². The number of hydrogen-bond donors (Lipinski definition) is 2. The number of carboxylic acid groups (broad SMARTS) is 1. The lowest BCUT2D eigenvalue weighted by atomic mass is 9.98. The maximum Gasteiger partial charge on any atom is 0.335 e. The molecular formula is C16H18FN3O3. The minimum absolute atomic E-state index is 0.0500. The average Bonchev–Trinajstić information content (AvgIpc) is 2.73. The van der Waals surface area contributed by atoms with Crippen molar-refractivity contribution in [2.24, 2.45) is 7.05 Å². The number of benzene rings is 1. The number of nitrogens with zero attached hydrogens (tertiary/aromatic N) is 2. The normalized spacial score (nSPS) is 12.0. The molecule has 0 saturated heterocycles. The number of carbonyl (C=O) groups is 2. The van der Waals surface area contributed by atoms with E-state index < -0.39 is 17.7 Å². The first-order chi connectivity index (χ1) is 10.7. The molecular weight excluding hydrogens is 301 g/mol. The van der Waals surface area contributed by atoms with Crippen LogP contribution in [-0.2, 0) is 11.8 Å². The van der Waals surface area contributed by atoms with Gasteiger partial charge in [-0.15, -0.1) is 0 Å². The molecule has 1 amide bonds. The Kier molecular flexibility index (Phi) is 4.49. The summed E-state index contributed by atoms with van der Waals surface area (Å²) >= 11 is 0. The first-order valence-corrected chi connectivity index (χ1v) is 7.06. The van der Waals surface area contributed by atoms with E-state index >= 15 is 0 Å². The molecule has 0 aliphatic heterocycles. The first kappa shape index (κ1) is 16.7. The zero-order valence-electron chi connectivity index (χ0n) is 13.3. The number of rotatable bonds is 4. The van der Waals surface area contributed by atoms with E-state index in [0.29, 0.717) is 0 Å². The molecule has 0 aliphatic carbocycles. The Bertz CT molecular complexity index is 783. The standard InChI is InChI=1S/C16H18FN3O3/c1-8(14-9(2)19-20(4)10(14)3)15(21)18-13-6-5-11(16(22)23)7-12(13)17/h5-8H,1-4H3,(H,18,21)(H,22,23). The summed E-state index contributed by atoms with van der Waals surface area (Å²) in [5, 5.41) is 15.6. The number of nitrogens with one attached hydrogen (secondary N) is 1. The van der Waals surface area contributed by atoms with Gasteiger partial charge >= 0.3 is 5.97 Å². The van der Waals surface area contributed by atoms with Crippen molar-refractivity contribution in [1.29, 1.82) is 0 Å². The lowest BCUT2D eigenvalue weighted by Gasteiger charge is -2.14. The third-order valence-electron chi connectivity index (χ3n) is 3.87. The molecule has 0 aliphatic rings. The molecule has 2 rings (SSSR count). The minimum Gasteiger partial charge on any atom is -0.478 e. The predicted molar refractivity (Wildman–Crippen MR) is 83.1 cm³/mol. The van der Waals surface area contributed by atoms with Gasteiger partial charge in [-0.3, -0.25) is 9.48 Å². The smallest absolute Gasteiger partial charge is 0.335 e. The second-order valence-electron chi connectivity index (χ2n) is 5.42. The van der Waals surface area contributed by atoms with Crippen LogP contribution in [0, 0.1) is 19.7 Å². The molecule has 0 radical (unpaired) electrons. The zero-order chi connectivity index (χ0) is 17.3. The number of carbonyl (C=O) groups excluding carboxylic acids is 1. The van der Waals surface area contributed by atoms with Crippen molar-refractivity contribution in [3.8, 4) is 0 Å². The largest absolute Gasteiger partial charge is 0.478 e. The van der Waals surface area contributed by atoms with Gasteiger partial charge in [-0.25, -0.2) is 9.18 Å². The van der Waals surface area contributed by atoms with Gasteiger partial charge in [0.25, 0.3) is 0 Å². The van der Waals surface area contributed by atoms with Gasteiger partial charge in [0.15, 0.2) is 0 Å². The molecule has 2 N–H and O–H groups in total. The molecule has 0 saturated carbocycles. The summed E-state index contributed by atoms with van der Waals surface area (Å²) in [6, 6.07) is 3.36. The second kappa shape index (κ2) is 6.20. The van der Waals surface area contributed by atoms with Crippen LogP contribution in [-0.4, -0.2) is 26.8 Å². The van der Waals surface area contributed by atoms with Gasteiger partial charge in [-0.2, -0.15) is 5.10 Å². The van der Waals surface area contributed by atoms with Crippen molar-refractivity contribution in [3.05, 3.63) is 46.5 Å². The van der Waals surface area contributed by atoms with Crippen molar-refractivity contribution in [2.45, 2.75) is 26.7 Å². The molecule has 7 heteroatoms. The highest BCUT2D eigenvalue weighted by Gasteiger charge is 2.23. The number of amides is 1. The van der Waals surface area contributed by atoms with Gasteiger partial charge in [0.2, 0.25) is 5.91 Å². The number of aryl methyl sites for hydroxylation is 2. The van der Waals surface area contributed by atoms with Gasteiger partial charge in [0.05, 0.1) is 22.9 Å². The predicted octanol–water partition coefficient (Wildman–Crippen LogP) is 2.62. The Labute approximate surface area is 132 Å². The zero-order valence-corrected chi connectivity index (χ0v) is 13.3. The fourth-order valence-corrected chi connectivity index (χ4v) is 2.54. The van der Waals surface area contributed by atoms with Crippen LogP contribution in [0.3, 0.4) is 0 Å². The number of carboxylic acids is 1. The molecule has 0 fully saturated rings. The number of aromatic nitrogens is 2. The molecule has 1 aromatic carbocycles. The summed E-state index contributed by atoms with van der Waals surface area (Å²) in [6.45, 7) is 5.39. The van der Waals surface area contributed by atoms with E-state index in [1.165, 1.54) is 12.1 Å². The summed E-state index contributed by atoms with van der Waals surface area (Å²) < 4.78 is 15.6. The van der Waals surface area contributed by atoms with Crippen LogP contribution < -0.4 is 5.32 Å². The number of aromatic carboxylic acids is 1. The summed E-state index contributed by atoms with van der Waals surface area (Å²) in [4.78, 5) is 23.2. The van der Waals surface area contributed by atoms with Crippen molar-refractivity contribution in [1.82, 2.24) is 9.78 Å². The highest BCUT2D eigenvalue weighted by Crippen LogP contribution is 2.25. The Morgan fingerprint density at radius 2 is 2.00 bits per heavy atom. The van der Waals surface area contributed by atoms with Crippen LogP contribution >= 0.6 is 0 Å². The van der Waals surface area contributed by atoms with Crippen LogP contribution in [0.15, 0.2) is 18.2 Å². The van der Waals surface area contributed by atoms with Gasteiger partial charge in [-0.1, -0.05) is 0 Å². The molecule has 1 atom stereocenters. The molecule has 122 valence electrons. The number of halogens is 1. The summed E-state index contributed by atoms with van der Waals surface area (Å²) in [7, 11) is 1.79. The van der Waals surface area contributed by atoms with E-state index in [4.69, 9.17) is 5.11 Å². The molecule has 1 unspecified atom stereocenters. The average molecular weight is 319 g/mol. The molecule has 0 bridgehead atoms.